The van der Waals surface area contributed by atoms with Crippen LogP contribution in [0.4, 0.5) is 0 Å². The predicted molar refractivity (Wildman–Crippen MR) is 137 cm³/mol. The van der Waals surface area contributed by atoms with Gasteiger partial charge in [-0.1, -0.05) is 35.0 Å². The van der Waals surface area contributed by atoms with Crippen LogP contribution in [0.1, 0.15) is 47.0 Å². The molecule has 0 aliphatic carbocycles. The summed E-state index contributed by atoms with van der Waals surface area (Å²) < 4.78 is 12.7. The zero-order valence-corrected chi connectivity index (χ0v) is 23.3. The molecule has 0 aromatic rings. The van der Waals surface area contributed by atoms with Crippen LogP contribution in [0.2, 0.25) is 0 Å². The van der Waals surface area contributed by atoms with Crippen molar-refractivity contribution in [1.29, 1.82) is 0 Å². The highest BCUT2D eigenvalue weighted by atomic mass is 79.9. The van der Waals surface area contributed by atoms with E-state index in [0.717, 1.165) is 0 Å². The Labute approximate surface area is 225 Å². The summed E-state index contributed by atoms with van der Waals surface area (Å²) in [5.41, 5.74) is -1.37. The zero-order chi connectivity index (χ0) is 27.1. The minimum Gasteiger partial charge on any atom is -0.460 e. The molecule has 0 aromatic heterocycles. The molecule has 2 fully saturated rings. The average molecular weight is 582 g/mol. The number of nitrogens with zero attached hydrogens (tertiary/aromatic N) is 2. The molecule has 0 radical (unpaired) electrons. The third-order valence-corrected chi connectivity index (χ3v) is 8.44. The molecule has 0 aromatic carbocycles. The van der Waals surface area contributed by atoms with Crippen LogP contribution in [0.3, 0.4) is 0 Å². The van der Waals surface area contributed by atoms with Crippen molar-refractivity contribution in [1.82, 2.24) is 15.1 Å². The number of carbonyl (C=O) groups is 4. The standard InChI is InChI=1S/C26H36BrN3O7/c1-5-16(13-31)30-22-24(34)29(14(2)3)10-8-6-7-9-18(32)28-12-15(4)36-25(35)19-20(23(30)33)26(22)11-17(27)21(19)37-26/h6,8,11,14-16,19-22,31H,5,7,9-10,12-13H2,1-4H3,(H,28,32)/b8-6-/t15-,16-,19+,20-,21+,22+,26-/m0/s1. The molecule has 2 saturated heterocycles. The summed E-state index contributed by atoms with van der Waals surface area (Å²) in [5.74, 6) is -3.44. The van der Waals surface area contributed by atoms with Gasteiger partial charge < -0.3 is 29.7 Å². The van der Waals surface area contributed by atoms with Crippen LogP contribution in [0.25, 0.3) is 0 Å². The Hall–Kier alpha value is -2.24. The summed E-state index contributed by atoms with van der Waals surface area (Å²) in [7, 11) is 0. The van der Waals surface area contributed by atoms with Gasteiger partial charge in [0.2, 0.25) is 17.7 Å². The van der Waals surface area contributed by atoms with Crippen LogP contribution >= 0.6 is 15.9 Å². The largest absolute Gasteiger partial charge is 0.460 e. The highest BCUT2D eigenvalue weighted by Crippen LogP contribution is 2.59. The van der Waals surface area contributed by atoms with Crippen molar-refractivity contribution >= 4 is 39.6 Å². The number of nitrogens with one attached hydrogen (secondary N) is 1. The first-order valence-corrected chi connectivity index (χ1v) is 13.8. The van der Waals surface area contributed by atoms with Gasteiger partial charge in [0.15, 0.2) is 0 Å². The number of halogens is 1. The number of esters is 1. The van der Waals surface area contributed by atoms with E-state index in [1.807, 2.05) is 32.9 Å². The lowest BCUT2D eigenvalue weighted by atomic mass is 9.74. The maximum Gasteiger partial charge on any atom is 0.313 e. The van der Waals surface area contributed by atoms with Gasteiger partial charge in [-0.15, -0.1) is 0 Å². The van der Waals surface area contributed by atoms with Crippen molar-refractivity contribution < 1.29 is 33.8 Å². The summed E-state index contributed by atoms with van der Waals surface area (Å²) in [6.45, 7) is 7.40. The second-order valence-electron chi connectivity index (χ2n) is 10.5. The molecular weight excluding hydrogens is 546 g/mol. The molecule has 5 bridgehead atoms. The van der Waals surface area contributed by atoms with E-state index in [2.05, 4.69) is 21.2 Å². The lowest BCUT2D eigenvalue weighted by Gasteiger charge is -2.39. The molecule has 4 rings (SSSR count). The Morgan fingerprint density at radius 1 is 1.22 bits per heavy atom. The van der Waals surface area contributed by atoms with Crippen LogP contribution in [-0.2, 0) is 28.7 Å². The number of allylic oxidation sites excluding steroid dienone is 1. The molecule has 2 N–H and O–H groups in total. The molecular formula is C26H36BrN3O7. The number of carbonyl (C=O) groups excluding carboxylic acids is 4. The minimum absolute atomic E-state index is 0.143. The van der Waals surface area contributed by atoms with Gasteiger partial charge in [0.1, 0.15) is 29.8 Å². The smallest absolute Gasteiger partial charge is 0.313 e. The van der Waals surface area contributed by atoms with Crippen LogP contribution < -0.4 is 5.32 Å². The van der Waals surface area contributed by atoms with Crippen molar-refractivity contribution in [3.8, 4) is 0 Å². The van der Waals surface area contributed by atoms with Crippen molar-refractivity contribution in [2.45, 2.75) is 82.9 Å². The number of fused-ring (bicyclic) bond motifs is 2. The first kappa shape index (κ1) is 27.8. The fourth-order valence-corrected chi connectivity index (χ4v) is 6.65. The molecule has 4 heterocycles. The molecule has 0 saturated carbocycles. The lowest BCUT2D eigenvalue weighted by Crippen LogP contribution is -2.59. The predicted octanol–water partition coefficient (Wildman–Crippen LogP) is 1.27. The number of aliphatic hydroxyl groups excluding tert-OH is 1. The van der Waals surface area contributed by atoms with Gasteiger partial charge in [-0.05, 0) is 39.7 Å². The van der Waals surface area contributed by atoms with Crippen molar-refractivity contribution in [3.63, 3.8) is 0 Å². The van der Waals surface area contributed by atoms with Gasteiger partial charge in [-0.3, -0.25) is 19.2 Å². The second kappa shape index (κ2) is 10.9. The molecule has 4 aliphatic heterocycles. The van der Waals surface area contributed by atoms with Crippen LogP contribution in [0.5, 0.6) is 0 Å². The van der Waals surface area contributed by atoms with E-state index in [0.29, 0.717) is 17.3 Å². The van der Waals surface area contributed by atoms with Gasteiger partial charge in [-0.25, -0.2) is 0 Å². The van der Waals surface area contributed by atoms with E-state index in [1.165, 1.54) is 4.90 Å². The molecule has 1 spiro atoms. The van der Waals surface area contributed by atoms with E-state index in [-0.39, 0.29) is 44.0 Å². The van der Waals surface area contributed by atoms with Crippen molar-refractivity contribution in [2.75, 3.05) is 19.7 Å². The fourth-order valence-electron chi connectivity index (χ4n) is 5.91. The highest BCUT2D eigenvalue weighted by molar-refractivity contribution is 9.11. The second-order valence-corrected chi connectivity index (χ2v) is 11.4. The minimum atomic E-state index is -1.37. The topological polar surface area (TPSA) is 125 Å². The van der Waals surface area contributed by atoms with Gasteiger partial charge in [0, 0.05) is 23.5 Å². The third-order valence-electron chi connectivity index (χ3n) is 7.76. The number of aliphatic hydroxyl groups is 1. The first-order chi connectivity index (χ1) is 17.6. The van der Waals surface area contributed by atoms with Crippen molar-refractivity contribution in [2.24, 2.45) is 11.8 Å². The molecule has 10 nitrogen and oxygen atoms in total. The Bertz CT molecular complexity index is 1010. The number of hydrogen-bond donors (Lipinski definition) is 2. The summed E-state index contributed by atoms with van der Waals surface area (Å²) in [4.78, 5) is 57.0. The highest BCUT2D eigenvalue weighted by Gasteiger charge is 2.75. The number of cyclic esters (lactones) is 1. The maximum atomic E-state index is 14.3. The fraction of sp³-hybridized carbons (Fsp3) is 0.692. The van der Waals surface area contributed by atoms with E-state index >= 15 is 0 Å². The molecule has 204 valence electrons. The monoisotopic (exact) mass is 581 g/mol. The van der Waals surface area contributed by atoms with Gasteiger partial charge in [0.05, 0.1) is 25.1 Å². The molecule has 3 amide bonds. The molecule has 0 unspecified atom stereocenters. The number of amides is 3. The van der Waals surface area contributed by atoms with E-state index in [1.54, 1.807) is 17.9 Å². The molecule has 11 heteroatoms. The Kier molecular flexibility index (Phi) is 8.16. The van der Waals surface area contributed by atoms with E-state index in [9.17, 15) is 24.3 Å². The number of likely N-dealkylation sites (tertiary alicyclic amines) is 1. The number of ether oxygens (including phenoxy) is 2. The van der Waals surface area contributed by atoms with Crippen molar-refractivity contribution in [3.05, 3.63) is 22.7 Å². The maximum absolute atomic E-state index is 14.3. The molecule has 7 atom stereocenters. The Balaban J connectivity index is 1.83. The third kappa shape index (κ3) is 4.74. The van der Waals surface area contributed by atoms with Crippen LogP contribution in [0.15, 0.2) is 22.7 Å². The lowest BCUT2D eigenvalue weighted by molar-refractivity contribution is -0.159. The Morgan fingerprint density at radius 2 is 1.95 bits per heavy atom. The van der Waals surface area contributed by atoms with Gasteiger partial charge >= 0.3 is 5.97 Å². The summed E-state index contributed by atoms with van der Waals surface area (Å²) >= 11 is 3.51. The zero-order valence-electron chi connectivity index (χ0n) is 21.7. The first-order valence-electron chi connectivity index (χ1n) is 13.0. The average Bonchev–Trinajstić information content (AvgIpc) is 3.43. The SMILES string of the molecule is CC[C@@H](CO)N1C(=O)[C@@H]2[C@H]3C(=O)O[C@@H](C)CNC(=O)CC/C=C\CN(C(C)C)C(=O)[C@@H]1[C@]21C=C(Br)[C@H]3O1. The summed E-state index contributed by atoms with van der Waals surface area (Å²) in [5, 5.41) is 12.9. The van der Waals surface area contributed by atoms with Gasteiger partial charge in [-0.2, -0.15) is 0 Å². The summed E-state index contributed by atoms with van der Waals surface area (Å²) in [6, 6.07) is -1.86. The Morgan fingerprint density at radius 3 is 2.59 bits per heavy atom. The van der Waals surface area contributed by atoms with Crippen LogP contribution in [-0.4, -0.2) is 94.2 Å². The summed E-state index contributed by atoms with van der Waals surface area (Å²) in [6.07, 6.45) is 5.26. The number of rotatable bonds is 4. The quantitative estimate of drug-likeness (QED) is 0.378. The van der Waals surface area contributed by atoms with Crippen LogP contribution in [0, 0.1) is 11.8 Å². The molecule has 37 heavy (non-hydrogen) atoms. The molecule has 4 aliphatic rings. The van der Waals surface area contributed by atoms with E-state index < -0.39 is 53.6 Å². The van der Waals surface area contributed by atoms with E-state index in [4.69, 9.17) is 9.47 Å². The number of hydrogen-bond acceptors (Lipinski definition) is 7. The van der Waals surface area contributed by atoms with Gasteiger partial charge in [0.25, 0.3) is 0 Å². The normalized spacial score (nSPS) is 36.4.